The van der Waals surface area contributed by atoms with Gasteiger partial charge in [0.15, 0.2) is 0 Å². The molecule has 1 atom stereocenters. The Morgan fingerprint density at radius 1 is 1.40 bits per heavy atom. The monoisotopic (exact) mass is 277 g/mol. The number of hydrogen-bond acceptors (Lipinski definition) is 3. The number of carbonyl (C=O) groups excluding carboxylic acids is 2. The van der Waals surface area contributed by atoms with E-state index < -0.39 is 0 Å². The third-order valence-electron chi connectivity index (χ3n) is 3.12. The van der Waals surface area contributed by atoms with E-state index in [9.17, 15) is 9.59 Å². The Labute approximate surface area is 118 Å². The van der Waals surface area contributed by atoms with Crippen molar-refractivity contribution in [1.29, 1.82) is 0 Å². The largest absolute Gasteiger partial charge is 0.383 e. The third kappa shape index (κ3) is 3.71. The van der Waals surface area contributed by atoms with Gasteiger partial charge in [0.05, 0.1) is 12.6 Å². The number of ether oxygens (including phenoxy) is 1. The molecule has 1 saturated heterocycles. The number of para-hydroxylation sites is 1. The third-order valence-corrected chi connectivity index (χ3v) is 3.12. The molecule has 1 aliphatic rings. The summed E-state index contributed by atoms with van der Waals surface area (Å²) in [6, 6.07) is 9.03. The van der Waals surface area contributed by atoms with E-state index in [0.29, 0.717) is 26.1 Å². The van der Waals surface area contributed by atoms with Crippen molar-refractivity contribution in [3.63, 3.8) is 0 Å². The number of carbonyl (C=O) groups is 2. The maximum absolute atomic E-state index is 12.0. The quantitative estimate of drug-likeness (QED) is 0.780. The van der Waals surface area contributed by atoms with Crippen LogP contribution in [0.1, 0.15) is 6.42 Å². The lowest BCUT2D eigenvalue weighted by Crippen LogP contribution is -2.44. The standard InChI is InChI=1S/C14H19N3O3/c1-20-8-7-15-14(19)16-11-9-13(18)17(10-11)12-5-3-2-4-6-12/h2-6,11H,7-10H2,1H3,(H2,15,16,19)/t11-/m0/s1. The maximum Gasteiger partial charge on any atom is 0.315 e. The van der Waals surface area contributed by atoms with E-state index in [-0.39, 0.29) is 18.0 Å². The van der Waals surface area contributed by atoms with Gasteiger partial charge in [-0.2, -0.15) is 0 Å². The number of benzene rings is 1. The van der Waals surface area contributed by atoms with Crippen LogP contribution in [0.2, 0.25) is 0 Å². The highest BCUT2D eigenvalue weighted by Crippen LogP contribution is 2.20. The molecule has 2 N–H and O–H groups in total. The molecule has 0 radical (unpaired) electrons. The zero-order chi connectivity index (χ0) is 14.4. The summed E-state index contributed by atoms with van der Waals surface area (Å²) in [4.78, 5) is 25.3. The first-order chi connectivity index (χ1) is 9.70. The first-order valence-corrected chi connectivity index (χ1v) is 6.59. The molecule has 1 aromatic carbocycles. The predicted molar refractivity (Wildman–Crippen MR) is 75.6 cm³/mol. The average Bonchev–Trinajstić information content (AvgIpc) is 2.81. The van der Waals surface area contributed by atoms with Crippen LogP contribution in [0.25, 0.3) is 0 Å². The molecule has 3 amide bonds. The first kappa shape index (κ1) is 14.3. The van der Waals surface area contributed by atoms with Crippen molar-refractivity contribution >= 4 is 17.6 Å². The number of urea groups is 1. The van der Waals surface area contributed by atoms with Crippen molar-refractivity contribution in [2.24, 2.45) is 0 Å². The summed E-state index contributed by atoms with van der Waals surface area (Å²) in [6.07, 6.45) is 0.326. The van der Waals surface area contributed by atoms with Gasteiger partial charge in [0.1, 0.15) is 0 Å². The molecule has 6 heteroatoms. The molecule has 0 aromatic heterocycles. The smallest absolute Gasteiger partial charge is 0.315 e. The topological polar surface area (TPSA) is 70.7 Å². The lowest BCUT2D eigenvalue weighted by Gasteiger charge is -2.17. The molecule has 0 unspecified atom stereocenters. The summed E-state index contributed by atoms with van der Waals surface area (Å²) < 4.78 is 4.85. The van der Waals surface area contributed by atoms with E-state index >= 15 is 0 Å². The predicted octanol–water partition coefficient (Wildman–Crippen LogP) is 0.737. The van der Waals surface area contributed by atoms with Gasteiger partial charge in [-0.1, -0.05) is 18.2 Å². The Morgan fingerprint density at radius 2 is 2.15 bits per heavy atom. The van der Waals surface area contributed by atoms with Gasteiger partial charge >= 0.3 is 6.03 Å². The molecule has 108 valence electrons. The molecular weight excluding hydrogens is 258 g/mol. The first-order valence-electron chi connectivity index (χ1n) is 6.59. The Kier molecular flexibility index (Phi) is 4.95. The van der Waals surface area contributed by atoms with Crippen LogP contribution in [0.3, 0.4) is 0 Å². The van der Waals surface area contributed by atoms with Crippen LogP contribution in [-0.2, 0) is 9.53 Å². The van der Waals surface area contributed by atoms with Crippen LogP contribution >= 0.6 is 0 Å². The van der Waals surface area contributed by atoms with Crippen LogP contribution < -0.4 is 15.5 Å². The van der Waals surface area contributed by atoms with Crippen molar-refractivity contribution in [1.82, 2.24) is 10.6 Å². The molecule has 0 bridgehead atoms. The highest BCUT2D eigenvalue weighted by atomic mass is 16.5. The van der Waals surface area contributed by atoms with Gasteiger partial charge in [0, 0.05) is 32.3 Å². The fourth-order valence-corrected chi connectivity index (χ4v) is 2.16. The second-order valence-electron chi connectivity index (χ2n) is 4.63. The number of methoxy groups -OCH3 is 1. The van der Waals surface area contributed by atoms with Gasteiger partial charge in [-0.3, -0.25) is 4.79 Å². The number of hydrogen-bond donors (Lipinski definition) is 2. The highest BCUT2D eigenvalue weighted by molar-refractivity contribution is 5.96. The zero-order valence-electron chi connectivity index (χ0n) is 11.5. The Morgan fingerprint density at radius 3 is 2.85 bits per heavy atom. The lowest BCUT2D eigenvalue weighted by molar-refractivity contribution is -0.117. The molecule has 0 spiro atoms. The average molecular weight is 277 g/mol. The minimum absolute atomic E-state index is 0.0263. The maximum atomic E-state index is 12.0. The lowest BCUT2D eigenvalue weighted by atomic mass is 10.2. The van der Waals surface area contributed by atoms with E-state index in [1.807, 2.05) is 30.3 Å². The van der Waals surface area contributed by atoms with Crippen molar-refractivity contribution in [3.8, 4) is 0 Å². The van der Waals surface area contributed by atoms with Crippen molar-refractivity contribution in [3.05, 3.63) is 30.3 Å². The second kappa shape index (κ2) is 6.91. The molecule has 0 aliphatic carbocycles. The molecule has 1 aromatic rings. The van der Waals surface area contributed by atoms with Crippen LogP contribution in [0, 0.1) is 0 Å². The number of rotatable bonds is 5. The van der Waals surface area contributed by atoms with E-state index in [0.717, 1.165) is 5.69 Å². The van der Waals surface area contributed by atoms with Gasteiger partial charge < -0.3 is 20.3 Å². The van der Waals surface area contributed by atoms with E-state index in [1.165, 1.54) is 0 Å². The fourth-order valence-electron chi connectivity index (χ4n) is 2.16. The molecule has 1 aliphatic heterocycles. The van der Waals surface area contributed by atoms with Crippen LogP contribution in [0.15, 0.2) is 30.3 Å². The van der Waals surface area contributed by atoms with Crippen LogP contribution in [0.4, 0.5) is 10.5 Å². The molecule has 0 saturated carbocycles. The normalized spacial score (nSPS) is 18.1. The number of nitrogens with zero attached hydrogens (tertiary/aromatic N) is 1. The van der Waals surface area contributed by atoms with Gasteiger partial charge in [-0.05, 0) is 12.1 Å². The van der Waals surface area contributed by atoms with Crippen LogP contribution in [-0.4, -0.2) is 44.8 Å². The van der Waals surface area contributed by atoms with Gasteiger partial charge in [-0.15, -0.1) is 0 Å². The molecular formula is C14H19N3O3. The Hall–Kier alpha value is -2.08. The summed E-state index contributed by atoms with van der Waals surface area (Å²) >= 11 is 0. The number of nitrogens with one attached hydrogen (secondary N) is 2. The summed E-state index contributed by atoms with van der Waals surface area (Å²) in [5, 5.41) is 5.47. The van der Waals surface area contributed by atoms with Gasteiger partial charge in [-0.25, -0.2) is 4.79 Å². The summed E-state index contributed by atoms with van der Waals surface area (Å²) in [7, 11) is 1.58. The van der Waals surface area contributed by atoms with Crippen LogP contribution in [0.5, 0.6) is 0 Å². The molecule has 1 heterocycles. The van der Waals surface area contributed by atoms with Crippen molar-refractivity contribution < 1.29 is 14.3 Å². The molecule has 20 heavy (non-hydrogen) atoms. The SMILES string of the molecule is COCCNC(=O)N[C@H]1CC(=O)N(c2ccccc2)C1. The Balaban J connectivity index is 1.85. The summed E-state index contributed by atoms with van der Waals surface area (Å²) in [6.45, 7) is 1.42. The van der Waals surface area contributed by atoms with Gasteiger partial charge in [0.2, 0.25) is 5.91 Å². The highest BCUT2D eigenvalue weighted by Gasteiger charge is 2.31. The minimum atomic E-state index is -0.269. The second-order valence-corrected chi connectivity index (χ2v) is 4.63. The van der Waals surface area contributed by atoms with Crippen molar-refractivity contribution in [2.45, 2.75) is 12.5 Å². The number of amides is 3. The van der Waals surface area contributed by atoms with Gasteiger partial charge in [0.25, 0.3) is 0 Å². The molecule has 2 rings (SSSR count). The summed E-state index contributed by atoms with van der Waals surface area (Å²) in [5.74, 6) is 0.0263. The van der Waals surface area contributed by atoms with E-state index in [4.69, 9.17) is 4.74 Å². The summed E-state index contributed by atoms with van der Waals surface area (Å²) in [5.41, 5.74) is 0.863. The van der Waals surface area contributed by atoms with Crippen molar-refractivity contribution in [2.75, 3.05) is 31.7 Å². The number of anilines is 1. The van der Waals surface area contributed by atoms with E-state index in [1.54, 1.807) is 12.0 Å². The zero-order valence-corrected chi connectivity index (χ0v) is 11.5. The molecule has 6 nitrogen and oxygen atoms in total. The minimum Gasteiger partial charge on any atom is -0.383 e. The fraction of sp³-hybridized carbons (Fsp3) is 0.429. The molecule has 1 fully saturated rings. The Bertz CT molecular complexity index is 464. The van der Waals surface area contributed by atoms with E-state index in [2.05, 4.69) is 10.6 Å².